The molecule has 1 aromatic heterocycles. The van der Waals surface area contributed by atoms with E-state index in [9.17, 15) is 18.0 Å². The maximum Gasteiger partial charge on any atom is 0.255 e. The number of methoxy groups -OCH3 is 1. The normalized spacial score (nSPS) is 16.3. The first-order chi connectivity index (χ1) is 12.9. The lowest BCUT2D eigenvalue weighted by Gasteiger charge is -2.16. The molecule has 1 aromatic carbocycles. The van der Waals surface area contributed by atoms with E-state index in [1.807, 2.05) is 5.32 Å². The van der Waals surface area contributed by atoms with Crippen LogP contribution in [0.2, 0.25) is 5.02 Å². The highest BCUT2D eigenvalue weighted by Crippen LogP contribution is 2.32. The van der Waals surface area contributed by atoms with Crippen molar-refractivity contribution in [2.75, 3.05) is 25.6 Å². The van der Waals surface area contributed by atoms with E-state index < -0.39 is 34.3 Å². The number of hydrogen-bond donors (Lipinski definition) is 1. The lowest BCUT2D eigenvalue weighted by atomic mass is 10.1. The van der Waals surface area contributed by atoms with Crippen LogP contribution in [0.25, 0.3) is 0 Å². The number of pyridine rings is 1. The fourth-order valence-corrected chi connectivity index (χ4v) is 2.65. The van der Waals surface area contributed by atoms with Gasteiger partial charge in [0.2, 0.25) is 11.8 Å². The van der Waals surface area contributed by atoms with Crippen molar-refractivity contribution in [1.82, 2.24) is 4.98 Å². The second kappa shape index (κ2) is 8.01. The van der Waals surface area contributed by atoms with E-state index in [0.717, 1.165) is 0 Å². The Morgan fingerprint density at radius 2 is 2.07 bits per heavy atom. The maximum atomic E-state index is 13.8. The monoisotopic (exact) mass is 402 g/mol. The van der Waals surface area contributed by atoms with Gasteiger partial charge in [-0.3, -0.25) is 4.79 Å². The second-order valence-corrected chi connectivity index (χ2v) is 6.00. The number of anilines is 1. The zero-order valence-electron chi connectivity index (χ0n) is 14.0. The summed E-state index contributed by atoms with van der Waals surface area (Å²) in [6.07, 6.45) is 0.475. The van der Waals surface area contributed by atoms with Crippen LogP contribution in [-0.4, -0.2) is 37.3 Å². The number of amides is 1. The highest BCUT2D eigenvalue weighted by molar-refractivity contribution is 6.34. The Morgan fingerprint density at radius 1 is 1.30 bits per heavy atom. The van der Waals surface area contributed by atoms with Crippen LogP contribution >= 0.6 is 11.6 Å². The maximum absolute atomic E-state index is 13.8. The van der Waals surface area contributed by atoms with Crippen LogP contribution in [0, 0.1) is 17.7 Å². The van der Waals surface area contributed by atoms with Crippen LogP contribution in [0.5, 0.6) is 11.5 Å². The molecule has 6 nitrogen and oxygen atoms in total. The van der Waals surface area contributed by atoms with Gasteiger partial charge < -0.3 is 19.5 Å². The van der Waals surface area contributed by atoms with Crippen molar-refractivity contribution in [3.8, 4) is 11.5 Å². The summed E-state index contributed by atoms with van der Waals surface area (Å²) in [6, 6.07) is 4.23. The van der Waals surface area contributed by atoms with Gasteiger partial charge in [0.25, 0.3) is 11.9 Å². The van der Waals surface area contributed by atoms with Crippen LogP contribution in [0.3, 0.4) is 0 Å². The SMILES string of the molecule is COc1ccc(C(=O)Nc2c(F)c(F)nc(F)c2Cl)cc1OC1CCOC1. The summed E-state index contributed by atoms with van der Waals surface area (Å²) in [5.74, 6) is -4.92. The Bertz CT molecular complexity index is 849. The number of nitrogens with zero attached hydrogens (tertiary/aromatic N) is 1. The quantitative estimate of drug-likeness (QED) is 0.774. The number of nitrogens with one attached hydrogen (secondary N) is 1. The molecule has 1 saturated heterocycles. The van der Waals surface area contributed by atoms with Gasteiger partial charge in [-0.15, -0.1) is 0 Å². The number of hydrogen-bond acceptors (Lipinski definition) is 5. The number of aromatic nitrogens is 1. The van der Waals surface area contributed by atoms with Gasteiger partial charge in [-0.2, -0.15) is 18.2 Å². The molecule has 1 unspecified atom stereocenters. The lowest BCUT2D eigenvalue weighted by Crippen LogP contribution is -2.18. The minimum atomic E-state index is -1.72. The standard InChI is InChI=1S/C17H14ClF3N2O4/c1-25-10-3-2-8(6-11(10)27-9-4-5-26-7-9)17(24)22-14-12(18)15(20)23-16(21)13(14)19/h2-3,6,9H,4-5,7H2,1H3,(H,22,23,24). The van der Waals surface area contributed by atoms with Gasteiger partial charge in [0.15, 0.2) is 11.5 Å². The average Bonchev–Trinajstić information content (AvgIpc) is 3.16. The van der Waals surface area contributed by atoms with E-state index in [0.29, 0.717) is 25.4 Å². The molecule has 0 aliphatic carbocycles. The third-order valence-electron chi connectivity index (χ3n) is 3.84. The number of halogens is 4. The van der Waals surface area contributed by atoms with E-state index in [1.165, 1.54) is 25.3 Å². The topological polar surface area (TPSA) is 69.7 Å². The Labute approximate surface area is 157 Å². The fourth-order valence-electron chi connectivity index (χ4n) is 2.48. The molecule has 0 spiro atoms. The van der Waals surface area contributed by atoms with E-state index in [-0.39, 0.29) is 17.4 Å². The summed E-state index contributed by atoms with van der Waals surface area (Å²) in [6.45, 7) is 0.958. The van der Waals surface area contributed by atoms with Crippen LogP contribution < -0.4 is 14.8 Å². The van der Waals surface area contributed by atoms with Crippen molar-refractivity contribution >= 4 is 23.2 Å². The van der Waals surface area contributed by atoms with E-state index >= 15 is 0 Å². The molecule has 1 amide bonds. The van der Waals surface area contributed by atoms with Gasteiger partial charge in [0.05, 0.1) is 20.3 Å². The van der Waals surface area contributed by atoms with Crippen LogP contribution in [0.4, 0.5) is 18.9 Å². The molecule has 1 atom stereocenters. The predicted octanol–water partition coefficient (Wildman–Crippen LogP) is 3.58. The first-order valence-corrected chi connectivity index (χ1v) is 8.22. The van der Waals surface area contributed by atoms with E-state index in [4.69, 9.17) is 25.8 Å². The molecule has 27 heavy (non-hydrogen) atoms. The Kier molecular flexibility index (Phi) is 5.71. The minimum absolute atomic E-state index is 0.0396. The van der Waals surface area contributed by atoms with Gasteiger partial charge in [-0.25, -0.2) is 0 Å². The zero-order valence-corrected chi connectivity index (χ0v) is 14.8. The Morgan fingerprint density at radius 3 is 2.74 bits per heavy atom. The molecule has 0 radical (unpaired) electrons. The van der Waals surface area contributed by atoms with Gasteiger partial charge in [0, 0.05) is 12.0 Å². The molecule has 0 saturated carbocycles. The molecule has 0 bridgehead atoms. The molecule has 144 valence electrons. The predicted molar refractivity (Wildman–Crippen MR) is 89.9 cm³/mol. The number of carbonyl (C=O) groups excluding carboxylic acids is 1. The smallest absolute Gasteiger partial charge is 0.255 e. The van der Waals surface area contributed by atoms with Gasteiger partial charge >= 0.3 is 0 Å². The van der Waals surface area contributed by atoms with Crippen LogP contribution in [0.1, 0.15) is 16.8 Å². The number of ether oxygens (including phenoxy) is 3. The summed E-state index contributed by atoms with van der Waals surface area (Å²) in [5, 5.41) is 1.21. The van der Waals surface area contributed by atoms with Crippen LogP contribution in [-0.2, 0) is 4.74 Å². The van der Waals surface area contributed by atoms with Crippen LogP contribution in [0.15, 0.2) is 18.2 Å². The van der Waals surface area contributed by atoms with Crippen molar-refractivity contribution < 1.29 is 32.2 Å². The lowest BCUT2D eigenvalue weighted by molar-refractivity contribution is 0.102. The van der Waals surface area contributed by atoms with Gasteiger partial charge in [0.1, 0.15) is 16.8 Å². The van der Waals surface area contributed by atoms with Gasteiger partial charge in [-0.05, 0) is 18.2 Å². The minimum Gasteiger partial charge on any atom is -0.493 e. The van der Waals surface area contributed by atoms with E-state index in [1.54, 1.807) is 0 Å². The Hall–Kier alpha value is -2.52. The third-order valence-corrected chi connectivity index (χ3v) is 4.19. The summed E-state index contributed by atoms with van der Waals surface area (Å²) in [5.41, 5.74) is -0.799. The van der Waals surface area contributed by atoms with E-state index in [2.05, 4.69) is 4.98 Å². The molecular weight excluding hydrogens is 389 g/mol. The molecule has 2 aromatic rings. The van der Waals surface area contributed by atoms with Crippen molar-refractivity contribution in [2.24, 2.45) is 0 Å². The molecule has 3 rings (SSSR count). The molecule has 1 fully saturated rings. The first-order valence-electron chi connectivity index (χ1n) is 7.84. The van der Waals surface area contributed by atoms with Crippen molar-refractivity contribution in [1.29, 1.82) is 0 Å². The largest absolute Gasteiger partial charge is 0.493 e. The molecule has 10 heteroatoms. The first kappa shape index (κ1) is 19.2. The molecule has 1 N–H and O–H groups in total. The summed E-state index contributed by atoms with van der Waals surface area (Å²) in [4.78, 5) is 15.1. The third kappa shape index (κ3) is 4.09. The number of rotatable bonds is 5. The van der Waals surface area contributed by atoms with Crippen molar-refractivity contribution in [3.63, 3.8) is 0 Å². The summed E-state index contributed by atoms with van der Waals surface area (Å²) in [7, 11) is 1.44. The second-order valence-electron chi connectivity index (χ2n) is 5.62. The average molecular weight is 403 g/mol. The fraction of sp³-hybridized carbons (Fsp3) is 0.294. The number of carbonyl (C=O) groups is 1. The van der Waals surface area contributed by atoms with Crippen molar-refractivity contribution in [3.05, 3.63) is 46.5 Å². The summed E-state index contributed by atoms with van der Waals surface area (Å²) >= 11 is 5.58. The Balaban J connectivity index is 1.87. The molecule has 1 aliphatic rings. The number of benzene rings is 1. The van der Waals surface area contributed by atoms with Gasteiger partial charge in [-0.1, -0.05) is 11.6 Å². The highest BCUT2D eigenvalue weighted by atomic mass is 35.5. The molecular formula is C17H14ClF3N2O4. The highest BCUT2D eigenvalue weighted by Gasteiger charge is 2.23. The molecule has 1 aliphatic heterocycles. The zero-order chi connectivity index (χ0) is 19.6. The van der Waals surface area contributed by atoms with Crippen molar-refractivity contribution in [2.45, 2.75) is 12.5 Å². The summed E-state index contributed by atoms with van der Waals surface area (Å²) < 4.78 is 56.7. The molecule has 2 heterocycles.